The zero-order chi connectivity index (χ0) is 24.6. The zero-order valence-corrected chi connectivity index (χ0v) is 20.6. The summed E-state index contributed by atoms with van der Waals surface area (Å²) < 4.78 is 27.2. The van der Waals surface area contributed by atoms with E-state index in [4.69, 9.17) is 0 Å². The SMILES string of the molecule is CCNc1ccc(S(=O)(=O)N(CC)CC)cc1NCC(=O)Nc1ccc(C(=O)N(C)C)cc1. The Morgan fingerprint density at radius 1 is 0.879 bits per heavy atom. The summed E-state index contributed by atoms with van der Waals surface area (Å²) in [5.74, 6) is -0.425. The van der Waals surface area contributed by atoms with Crippen molar-refractivity contribution in [3.05, 3.63) is 48.0 Å². The van der Waals surface area contributed by atoms with Gasteiger partial charge >= 0.3 is 0 Å². The second-order valence-electron chi connectivity index (χ2n) is 7.51. The summed E-state index contributed by atoms with van der Waals surface area (Å²) in [5.41, 5.74) is 2.31. The lowest BCUT2D eigenvalue weighted by Gasteiger charge is -2.20. The van der Waals surface area contributed by atoms with Crippen molar-refractivity contribution in [2.75, 3.05) is 56.2 Å². The molecular formula is C23H33N5O4S. The minimum atomic E-state index is -3.63. The second-order valence-corrected chi connectivity index (χ2v) is 9.44. The van der Waals surface area contributed by atoms with Crippen molar-refractivity contribution in [2.45, 2.75) is 25.7 Å². The minimum absolute atomic E-state index is 0.0639. The normalized spacial score (nSPS) is 11.2. The van der Waals surface area contributed by atoms with Crippen LogP contribution in [-0.4, -0.2) is 69.7 Å². The van der Waals surface area contributed by atoms with Gasteiger partial charge in [0.2, 0.25) is 15.9 Å². The number of carbonyl (C=O) groups is 2. The number of benzene rings is 2. The quantitative estimate of drug-likeness (QED) is 0.461. The first-order valence-corrected chi connectivity index (χ1v) is 12.3. The number of carbonyl (C=O) groups excluding carboxylic acids is 2. The predicted octanol–water partition coefficient (Wildman–Crippen LogP) is 2.90. The lowest BCUT2D eigenvalue weighted by molar-refractivity contribution is -0.114. The average Bonchev–Trinajstić information content (AvgIpc) is 2.79. The molecule has 0 aliphatic rings. The van der Waals surface area contributed by atoms with Gasteiger partial charge in [0.15, 0.2) is 0 Å². The highest BCUT2D eigenvalue weighted by molar-refractivity contribution is 7.89. The number of rotatable bonds is 11. The maximum absolute atomic E-state index is 12.9. The van der Waals surface area contributed by atoms with Crippen molar-refractivity contribution < 1.29 is 18.0 Å². The van der Waals surface area contributed by atoms with E-state index in [1.165, 1.54) is 9.21 Å². The zero-order valence-electron chi connectivity index (χ0n) is 19.8. The summed E-state index contributed by atoms with van der Waals surface area (Å²) >= 11 is 0. The highest BCUT2D eigenvalue weighted by atomic mass is 32.2. The van der Waals surface area contributed by atoms with E-state index < -0.39 is 10.0 Å². The molecule has 3 N–H and O–H groups in total. The fourth-order valence-electron chi connectivity index (χ4n) is 3.22. The van der Waals surface area contributed by atoms with Crippen LogP contribution in [0.4, 0.5) is 17.1 Å². The molecule has 33 heavy (non-hydrogen) atoms. The van der Waals surface area contributed by atoms with E-state index in [2.05, 4.69) is 16.0 Å². The van der Waals surface area contributed by atoms with Crippen molar-refractivity contribution >= 4 is 38.9 Å². The first-order valence-electron chi connectivity index (χ1n) is 10.9. The molecule has 0 bridgehead atoms. The fraction of sp³-hybridized carbons (Fsp3) is 0.391. The van der Waals surface area contributed by atoms with Gasteiger partial charge in [-0.25, -0.2) is 8.42 Å². The maximum Gasteiger partial charge on any atom is 0.253 e. The van der Waals surface area contributed by atoms with Crippen LogP contribution in [0.25, 0.3) is 0 Å². The number of hydrogen-bond donors (Lipinski definition) is 3. The van der Waals surface area contributed by atoms with Crippen LogP contribution in [0.3, 0.4) is 0 Å². The van der Waals surface area contributed by atoms with Crippen LogP contribution in [-0.2, 0) is 14.8 Å². The molecule has 2 aromatic carbocycles. The van der Waals surface area contributed by atoms with Gasteiger partial charge in [0.05, 0.1) is 22.8 Å². The molecule has 0 unspecified atom stereocenters. The summed E-state index contributed by atoms with van der Waals surface area (Å²) in [6, 6.07) is 11.4. The molecule has 0 spiro atoms. The number of anilines is 3. The van der Waals surface area contributed by atoms with Crippen molar-refractivity contribution in [3.8, 4) is 0 Å². The van der Waals surface area contributed by atoms with Crippen molar-refractivity contribution in [1.82, 2.24) is 9.21 Å². The average molecular weight is 476 g/mol. The van der Waals surface area contributed by atoms with Gasteiger partial charge in [-0.15, -0.1) is 0 Å². The third-order valence-corrected chi connectivity index (χ3v) is 7.01. The molecule has 9 nitrogen and oxygen atoms in total. The molecule has 0 aliphatic carbocycles. The van der Waals surface area contributed by atoms with Gasteiger partial charge in [0.25, 0.3) is 5.91 Å². The van der Waals surface area contributed by atoms with E-state index >= 15 is 0 Å². The Morgan fingerprint density at radius 3 is 2.06 bits per heavy atom. The molecule has 0 aliphatic heterocycles. The van der Waals surface area contributed by atoms with Crippen LogP contribution >= 0.6 is 0 Å². The summed E-state index contributed by atoms with van der Waals surface area (Å²) in [7, 11) is -0.277. The Hall–Kier alpha value is -3.11. The first-order chi connectivity index (χ1) is 15.6. The molecule has 0 heterocycles. The molecule has 180 valence electrons. The molecule has 0 aromatic heterocycles. The Balaban J connectivity index is 2.14. The van der Waals surface area contributed by atoms with Gasteiger partial charge in [0.1, 0.15) is 0 Å². The van der Waals surface area contributed by atoms with Gasteiger partial charge in [-0.05, 0) is 49.4 Å². The summed E-state index contributed by atoms with van der Waals surface area (Å²) in [5, 5.41) is 8.97. The lowest BCUT2D eigenvalue weighted by atomic mass is 10.2. The maximum atomic E-state index is 12.9. The van der Waals surface area contributed by atoms with E-state index in [-0.39, 0.29) is 23.3 Å². The van der Waals surface area contributed by atoms with Crippen LogP contribution in [0, 0.1) is 0 Å². The van der Waals surface area contributed by atoms with E-state index in [0.717, 1.165) is 0 Å². The number of nitrogens with one attached hydrogen (secondary N) is 3. The van der Waals surface area contributed by atoms with Gasteiger partial charge in [-0.2, -0.15) is 4.31 Å². The van der Waals surface area contributed by atoms with Crippen molar-refractivity contribution in [2.24, 2.45) is 0 Å². The monoisotopic (exact) mass is 475 g/mol. The standard InChI is InChI=1S/C23H33N5O4S/c1-6-24-20-14-13-19(33(31,32)28(7-2)8-3)15-21(20)25-16-22(29)26-18-11-9-17(10-12-18)23(30)27(4)5/h9-15,24-25H,6-8,16H2,1-5H3,(H,26,29). The molecule has 0 saturated carbocycles. The summed E-state index contributed by atoms with van der Waals surface area (Å²) in [6.07, 6.45) is 0. The molecular weight excluding hydrogens is 442 g/mol. The van der Waals surface area contributed by atoms with Crippen LogP contribution < -0.4 is 16.0 Å². The smallest absolute Gasteiger partial charge is 0.253 e. The molecule has 2 amide bonds. The molecule has 2 aromatic rings. The number of nitrogens with zero attached hydrogens (tertiary/aromatic N) is 2. The van der Waals surface area contributed by atoms with E-state index in [0.29, 0.717) is 42.3 Å². The van der Waals surface area contributed by atoms with Gasteiger partial charge in [-0.3, -0.25) is 9.59 Å². The fourth-order valence-corrected chi connectivity index (χ4v) is 4.71. The first kappa shape index (κ1) is 26.1. The van der Waals surface area contributed by atoms with Crippen LogP contribution in [0.2, 0.25) is 0 Å². The minimum Gasteiger partial charge on any atom is -0.384 e. The Morgan fingerprint density at radius 2 is 1.52 bits per heavy atom. The molecule has 2 rings (SSSR count). The summed E-state index contributed by atoms with van der Waals surface area (Å²) in [4.78, 5) is 26.1. The highest BCUT2D eigenvalue weighted by Gasteiger charge is 2.22. The molecule has 0 atom stereocenters. The molecule has 0 radical (unpaired) electrons. The largest absolute Gasteiger partial charge is 0.384 e. The molecule has 10 heteroatoms. The number of amides is 2. The Labute approximate surface area is 196 Å². The summed E-state index contributed by atoms with van der Waals surface area (Å²) in [6.45, 7) is 6.84. The van der Waals surface area contributed by atoms with E-state index in [9.17, 15) is 18.0 Å². The third-order valence-electron chi connectivity index (χ3n) is 4.96. The Kier molecular flexibility index (Phi) is 9.24. The van der Waals surface area contributed by atoms with E-state index in [1.54, 1.807) is 70.4 Å². The third kappa shape index (κ3) is 6.69. The van der Waals surface area contributed by atoms with Gasteiger partial charge < -0.3 is 20.9 Å². The lowest BCUT2D eigenvalue weighted by Crippen LogP contribution is -2.30. The van der Waals surface area contributed by atoms with Gasteiger partial charge in [-0.1, -0.05) is 13.8 Å². The Bertz CT molecular complexity index is 1060. The van der Waals surface area contributed by atoms with Crippen LogP contribution in [0.1, 0.15) is 31.1 Å². The predicted molar refractivity (Wildman–Crippen MR) is 132 cm³/mol. The highest BCUT2D eigenvalue weighted by Crippen LogP contribution is 2.27. The van der Waals surface area contributed by atoms with E-state index in [1.807, 2.05) is 6.92 Å². The second kappa shape index (κ2) is 11.7. The molecule has 0 fully saturated rings. The topological polar surface area (TPSA) is 111 Å². The molecule has 0 saturated heterocycles. The van der Waals surface area contributed by atoms with Crippen LogP contribution in [0.5, 0.6) is 0 Å². The van der Waals surface area contributed by atoms with Gasteiger partial charge in [0, 0.05) is 45.0 Å². The van der Waals surface area contributed by atoms with Crippen molar-refractivity contribution in [3.63, 3.8) is 0 Å². The van der Waals surface area contributed by atoms with Crippen molar-refractivity contribution in [1.29, 1.82) is 0 Å². The number of sulfonamides is 1. The number of hydrogen-bond acceptors (Lipinski definition) is 6. The van der Waals surface area contributed by atoms with Crippen LogP contribution in [0.15, 0.2) is 47.4 Å².